The summed E-state index contributed by atoms with van der Waals surface area (Å²) in [7, 11) is 0. The Kier molecular flexibility index (Phi) is 5.05. The quantitative estimate of drug-likeness (QED) is 0.874. The lowest BCUT2D eigenvalue weighted by atomic mass is 9.85. The average molecular weight is 379 g/mol. The molecule has 3 rings (SSSR count). The van der Waals surface area contributed by atoms with Crippen molar-refractivity contribution in [2.24, 2.45) is 11.8 Å². The second kappa shape index (κ2) is 7.04. The summed E-state index contributed by atoms with van der Waals surface area (Å²) < 4.78 is 0.885. The second-order valence-electron chi connectivity index (χ2n) is 6.73. The number of amides is 2. The van der Waals surface area contributed by atoms with Gasteiger partial charge in [0.1, 0.15) is 0 Å². The number of carbonyl (C=O) groups is 2. The van der Waals surface area contributed by atoms with Gasteiger partial charge in [0, 0.05) is 23.5 Å². The van der Waals surface area contributed by atoms with Crippen molar-refractivity contribution < 1.29 is 9.59 Å². The van der Waals surface area contributed by atoms with Crippen LogP contribution in [0, 0.1) is 11.8 Å². The van der Waals surface area contributed by atoms with Crippen LogP contribution in [0.1, 0.15) is 39.0 Å². The highest BCUT2D eigenvalue weighted by Gasteiger charge is 2.37. The molecule has 2 amide bonds. The second-order valence-corrected chi connectivity index (χ2v) is 7.59. The van der Waals surface area contributed by atoms with E-state index in [4.69, 9.17) is 0 Å². The lowest BCUT2D eigenvalue weighted by Crippen LogP contribution is -2.44. The maximum absolute atomic E-state index is 12.6. The van der Waals surface area contributed by atoms with Gasteiger partial charge in [-0.25, -0.2) is 0 Å². The van der Waals surface area contributed by atoms with Crippen molar-refractivity contribution in [2.75, 3.05) is 11.4 Å². The van der Waals surface area contributed by atoms with Gasteiger partial charge >= 0.3 is 0 Å². The molecule has 1 saturated carbocycles. The first kappa shape index (κ1) is 16.5. The zero-order valence-electron chi connectivity index (χ0n) is 13.4. The van der Waals surface area contributed by atoms with Crippen molar-refractivity contribution in [1.82, 2.24) is 5.32 Å². The molecule has 1 aliphatic carbocycles. The van der Waals surface area contributed by atoms with Gasteiger partial charge in [-0.05, 0) is 46.8 Å². The van der Waals surface area contributed by atoms with E-state index in [0.29, 0.717) is 18.9 Å². The first-order chi connectivity index (χ1) is 11.1. The molecule has 1 aromatic rings. The Bertz CT molecular complexity index is 604. The van der Waals surface area contributed by atoms with Gasteiger partial charge in [0.25, 0.3) is 0 Å². The molecule has 0 aromatic heterocycles. The van der Waals surface area contributed by atoms with Gasteiger partial charge in [-0.1, -0.05) is 31.9 Å². The van der Waals surface area contributed by atoms with Crippen LogP contribution in [0.2, 0.25) is 0 Å². The number of nitrogens with one attached hydrogen (secondary N) is 1. The van der Waals surface area contributed by atoms with Gasteiger partial charge in [-0.2, -0.15) is 0 Å². The van der Waals surface area contributed by atoms with Crippen LogP contribution in [0.15, 0.2) is 28.7 Å². The fraction of sp³-hybridized carbons (Fsp3) is 0.556. The lowest BCUT2D eigenvalue weighted by molar-refractivity contribution is -0.127. The zero-order valence-corrected chi connectivity index (χ0v) is 15.0. The molecular weight excluding hydrogens is 356 g/mol. The highest BCUT2D eigenvalue weighted by atomic mass is 79.9. The van der Waals surface area contributed by atoms with E-state index >= 15 is 0 Å². The number of para-hydroxylation sites is 1. The van der Waals surface area contributed by atoms with Crippen molar-refractivity contribution in [3.8, 4) is 0 Å². The van der Waals surface area contributed by atoms with Crippen molar-refractivity contribution in [2.45, 2.75) is 45.1 Å². The standard InChI is InChI=1S/C18H23BrN2O2/c1-12-6-2-4-8-15(12)20-18(23)13-10-17(22)21(11-13)16-9-5-3-7-14(16)19/h3,5,7,9,12-13,15H,2,4,6,8,10-11H2,1H3,(H,20,23). The van der Waals surface area contributed by atoms with E-state index in [1.807, 2.05) is 24.3 Å². The monoisotopic (exact) mass is 378 g/mol. The molecule has 124 valence electrons. The molecule has 1 aliphatic heterocycles. The smallest absolute Gasteiger partial charge is 0.227 e. The van der Waals surface area contributed by atoms with Crippen LogP contribution in [0.25, 0.3) is 0 Å². The van der Waals surface area contributed by atoms with Crippen molar-refractivity contribution in [3.63, 3.8) is 0 Å². The van der Waals surface area contributed by atoms with E-state index in [0.717, 1.165) is 16.6 Å². The fourth-order valence-corrected chi connectivity index (χ4v) is 4.12. The number of benzene rings is 1. The van der Waals surface area contributed by atoms with Crippen LogP contribution in [-0.2, 0) is 9.59 Å². The van der Waals surface area contributed by atoms with Gasteiger partial charge < -0.3 is 10.2 Å². The van der Waals surface area contributed by atoms with Gasteiger partial charge in [-0.15, -0.1) is 0 Å². The summed E-state index contributed by atoms with van der Waals surface area (Å²) in [4.78, 5) is 26.6. The van der Waals surface area contributed by atoms with E-state index in [2.05, 4.69) is 28.2 Å². The number of rotatable bonds is 3. The predicted octanol–water partition coefficient (Wildman–Crippen LogP) is 3.50. The van der Waals surface area contributed by atoms with Gasteiger partial charge in [0.2, 0.25) is 11.8 Å². The molecule has 1 saturated heterocycles. The summed E-state index contributed by atoms with van der Waals surface area (Å²) in [5, 5.41) is 3.19. The van der Waals surface area contributed by atoms with E-state index in [-0.39, 0.29) is 23.8 Å². The minimum atomic E-state index is -0.247. The number of hydrogen-bond acceptors (Lipinski definition) is 2. The molecule has 0 bridgehead atoms. The van der Waals surface area contributed by atoms with E-state index < -0.39 is 0 Å². The van der Waals surface area contributed by atoms with Gasteiger partial charge in [-0.3, -0.25) is 9.59 Å². The summed E-state index contributed by atoms with van der Waals surface area (Å²) in [6.45, 7) is 2.67. The van der Waals surface area contributed by atoms with Crippen molar-refractivity contribution in [1.29, 1.82) is 0 Å². The SMILES string of the molecule is CC1CCCCC1NC(=O)C1CC(=O)N(c2ccccc2Br)C1. The van der Waals surface area contributed by atoms with Crippen LogP contribution < -0.4 is 10.2 Å². The van der Waals surface area contributed by atoms with Crippen LogP contribution in [0.5, 0.6) is 0 Å². The Balaban J connectivity index is 1.65. The number of hydrogen-bond donors (Lipinski definition) is 1. The molecule has 4 nitrogen and oxygen atoms in total. The maximum Gasteiger partial charge on any atom is 0.227 e. The average Bonchev–Trinajstić information content (AvgIpc) is 2.92. The molecule has 3 unspecified atom stereocenters. The molecule has 1 aromatic carbocycles. The molecule has 2 aliphatic rings. The highest BCUT2D eigenvalue weighted by molar-refractivity contribution is 9.10. The maximum atomic E-state index is 12.6. The van der Waals surface area contributed by atoms with Crippen LogP contribution in [0.3, 0.4) is 0 Å². The Morgan fingerprint density at radius 3 is 2.74 bits per heavy atom. The van der Waals surface area contributed by atoms with E-state index in [9.17, 15) is 9.59 Å². The number of halogens is 1. The minimum Gasteiger partial charge on any atom is -0.353 e. The lowest BCUT2D eigenvalue weighted by Gasteiger charge is -2.30. The fourth-order valence-electron chi connectivity index (χ4n) is 3.62. The van der Waals surface area contributed by atoms with Crippen molar-refractivity contribution in [3.05, 3.63) is 28.7 Å². The zero-order chi connectivity index (χ0) is 16.4. The largest absolute Gasteiger partial charge is 0.353 e. The first-order valence-corrected chi connectivity index (χ1v) is 9.21. The molecule has 1 heterocycles. The van der Waals surface area contributed by atoms with E-state index in [1.165, 1.54) is 19.3 Å². The molecule has 0 spiro atoms. The molecule has 3 atom stereocenters. The molecule has 5 heteroatoms. The Hall–Kier alpha value is -1.36. The Morgan fingerprint density at radius 2 is 2.00 bits per heavy atom. The van der Waals surface area contributed by atoms with Gasteiger partial charge in [0.15, 0.2) is 0 Å². The molecular formula is C18H23BrN2O2. The molecule has 2 fully saturated rings. The topological polar surface area (TPSA) is 49.4 Å². The van der Waals surface area contributed by atoms with Crippen LogP contribution in [0.4, 0.5) is 5.69 Å². The molecule has 1 N–H and O–H groups in total. The highest BCUT2D eigenvalue weighted by Crippen LogP contribution is 2.32. The summed E-state index contributed by atoms with van der Waals surface area (Å²) in [5.41, 5.74) is 0.846. The third kappa shape index (κ3) is 3.60. The summed E-state index contributed by atoms with van der Waals surface area (Å²) >= 11 is 3.48. The summed E-state index contributed by atoms with van der Waals surface area (Å²) in [6, 6.07) is 7.92. The molecule has 0 radical (unpaired) electrons. The Labute approximate surface area is 145 Å². The number of anilines is 1. The third-order valence-corrected chi connectivity index (χ3v) is 5.75. The van der Waals surface area contributed by atoms with Gasteiger partial charge in [0.05, 0.1) is 11.6 Å². The Morgan fingerprint density at radius 1 is 1.26 bits per heavy atom. The number of nitrogens with zero attached hydrogens (tertiary/aromatic N) is 1. The third-order valence-electron chi connectivity index (χ3n) is 5.08. The molecule has 23 heavy (non-hydrogen) atoms. The van der Waals surface area contributed by atoms with E-state index in [1.54, 1.807) is 4.90 Å². The van der Waals surface area contributed by atoms with Crippen LogP contribution in [-0.4, -0.2) is 24.4 Å². The summed E-state index contributed by atoms with van der Waals surface area (Å²) in [5.74, 6) is 0.341. The number of carbonyl (C=O) groups excluding carboxylic acids is 2. The van der Waals surface area contributed by atoms with Crippen LogP contribution >= 0.6 is 15.9 Å². The minimum absolute atomic E-state index is 0.0220. The summed E-state index contributed by atoms with van der Waals surface area (Å²) in [6.07, 6.45) is 4.97. The normalized spacial score (nSPS) is 28.0. The predicted molar refractivity (Wildman–Crippen MR) is 94.2 cm³/mol. The first-order valence-electron chi connectivity index (χ1n) is 8.41. The van der Waals surface area contributed by atoms with Crippen molar-refractivity contribution >= 4 is 33.4 Å².